The van der Waals surface area contributed by atoms with E-state index in [1.165, 1.54) is 22.7 Å². The highest BCUT2D eigenvalue weighted by atomic mass is 35.5. The Bertz CT molecular complexity index is 1440. The molecule has 7 heteroatoms. The number of halogens is 1. The molecule has 0 saturated carbocycles. The average molecular weight is 462 g/mol. The summed E-state index contributed by atoms with van der Waals surface area (Å²) in [5.74, 6) is -0.319. The number of hydrogen-bond acceptors (Lipinski definition) is 4. The number of nitrogens with one attached hydrogen (secondary N) is 1. The number of nitrogens with zero attached hydrogens (tertiary/aromatic N) is 2. The van der Waals surface area contributed by atoms with Crippen LogP contribution in [0.25, 0.3) is 27.0 Å². The summed E-state index contributed by atoms with van der Waals surface area (Å²) in [6.07, 6.45) is 0. The lowest BCUT2D eigenvalue weighted by atomic mass is 10.1. The van der Waals surface area contributed by atoms with Gasteiger partial charge in [0.25, 0.3) is 5.91 Å². The molecule has 1 N–H and O–H groups in total. The van der Waals surface area contributed by atoms with E-state index in [1.807, 2.05) is 82.7 Å². The molecule has 31 heavy (non-hydrogen) atoms. The molecule has 4 nitrogen and oxygen atoms in total. The van der Waals surface area contributed by atoms with Crippen molar-refractivity contribution in [3.63, 3.8) is 0 Å². The third-order valence-corrected chi connectivity index (χ3v) is 7.29. The number of carbonyl (C=O) groups excluding carboxylic acids is 1. The van der Waals surface area contributed by atoms with E-state index in [0.29, 0.717) is 14.7 Å². The zero-order valence-corrected chi connectivity index (χ0v) is 18.5. The maximum absolute atomic E-state index is 12.8. The number of benzene rings is 3. The lowest BCUT2D eigenvalue weighted by Crippen LogP contribution is -2.23. The summed E-state index contributed by atoms with van der Waals surface area (Å²) in [4.78, 5) is 14.0. The van der Waals surface area contributed by atoms with Gasteiger partial charge in [0.05, 0.1) is 10.7 Å². The van der Waals surface area contributed by atoms with Crippen LogP contribution in [0.5, 0.6) is 0 Å². The molecule has 0 radical (unpaired) electrons. The van der Waals surface area contributed by atoms with Crippen molar-refractivity contribution >= 4 is 50.3 Å². The summed E-state index contributed by atoms with van der Waals surface area (Å²) < 4.78 is 3.01. The van der Waals surface area contributed by atoms with E-state index < -0.39 is 0 Å². The molecule has 0 aliphatic heterocycles. The molecule has 0 saturated heterocycles. The molecule has 0 unspecified atom stereocenters. The lowest BCUT2D eigenvalue weighted by Gasteiger charge is -2.09. The minimum atomic E-state index is -0.319. The number of aromatic nitrogens is 1. The van der Waals surface area contributed by atoms with Gasteiger partial charge in [0, 0.05) is 21.2 Å². The normalized spacial score (nSPS) is 11.7. The third kappa shape index (κ3) is 3.81. The smallest absolute Gasteiger partial charge is 0.283 e. The third-order valence-electron chi connectivity index (χ3n) is 4.79. The molecule has 5 rings (SSSR count). The van der Waals surface area contributed by atoms with Gasteiger partial charge in [-0.2, -0.15) is 0 Å². The number of rotatable bonds is 4. The number of fused-ring (bicyclic) bond motifs is 1. The Hall–Kier alpha value is -3.19. The van der Waals surface area contributed by atoms with E-state index >= 15 is 0 Å². The number of carbonyl (C=O) groups is 1. The quantitative estimate of drug-likeness (QED) is 0.313. The summed E-state index contributed by atoms with van der Waals surface area (Å²) in [6.45, 7) is 0. The van der Waals surface area contributed by atoms with Gasteiger partial charge in [0.2, 0.25) is 4.80 Å². The molecular formula is C24H16ClN3OS2. The van der Waals surface area contributed by atoms with Crippen LogP contribution in [0.1, 0.15) is 9.67 Å². The van der Waals surface area contributed by atoms with Crippen molar-refractivity contribution < 1.29 is 4.79 Å². The van der Waals surface area contributed by atoms with E-state index in [-0.39, 0.29) is 5.91 Å². The van der Waals surface area contributed by atoms with Crippen LogP contribution in [0, 0.1) is 0 Å². The molecule has 5 aromatic rings. The fraction of sp³-hybridized carbons (Fsp3) is 0. The summed E-state index contributed by atoms with van der Waals surface area (Å²) >= 11 is 9.28. The van der Waals surface area contributed by atoms with Crippen LogP contribution < -0.4 is 10.2 Å². The van der Waals surface area contributed by atoms with Crippen molar-refractivity contribution in [1.82, 2.24) is 9.99 Å². The second kappa shape index (κ2) is 8.51. The van der Waals surface area contributed by atoms with Crippen LogP contribution >= 0.6 is 34.3 Å². The number of amides is 1. The van der Waals surface area contributed by atoms with Crippen LogP contribution in [0.3, 0.4) is 0 Å². The molecule has 0 bridgehead atoms. The van der Waals surface area contributed by atoms with Gasteiger partial charge in [-0.15, -0.1) is 27.8 Å². The van der Waals surface area contributed by atoms with E-state index in [2.05, 4.69) is 22.7 Å². The minimum absolute atomic E-state index is 0.319. The van der Waals surface area contributed by atoms with Gasteiger partial charge in [-0.25, -0.2) is 5.43 Å². The summed E-state index contributed by atoms with van der Waals surface area (Å²) in [6, 6.07) is 27.8. The van der Waals surface area contributed by atoms with Gasteiger partial charge in [-0.3, -0.25) is 9.36 Å². The Labute approximate surface area is 191 Å². The SMILES string of the molecule is O=C(N/N=c1/scc(-c2ccccc2)n1-c1ccccc1)c1sc2ccccc2c1Cl. The van der Waals surface area contributed by atoms with Crippen molar-refractivity contribution in [2.24, 2.45) is 5.10 Å². The Morgan fingerprint density at radius 2 is 1.58 bits per heavy atom. The van der Waals surface area contributed by atoms with Crippen molar-refractivity contribution in [2.75, 3.05) is 0 Å². The van der Waals surface area contributed by atoms with E-state index in [0.717, 1.165) is 27.0 Å². The standard InChI is InChI=1S/C24H16ClN3OS2/c25-21-18-13-7-8-14-20(18)31-22(21)23(29)26-27-24-28(17-11-5-2-6-12-17)19(15-30-24)16-9-3-1-4-10-16/h1-15H,(H,26,29)/b27-24+. The molecule has 2 heterocycles. The Kier molecular flexibility index (Phi) is 5.42. The minimum Gasteiger partial charge on any atom is -0.284 e. The van der Waals surface area contributed by atoms with Crippen LogP contribution in [0.4, 0.5) is 0 Å². The Morgan fingerprint density at radius 3 is 2.32 bits per heavy atom. The van der Waals surface area contributed by atoms with Gasteiger partial charge in [-0.1, -0.05) is 78.3 Å². The molecule has 0 aliphatic rings. The molecule has 2 aromatic heterocycles. The second-order valence-electron chi connectivity index (χ2n) is 6.73. The fourth-order valence-corrected chi connectivity index (χ4v) is 5.61. The van der Waals surface area contributed by atoms with E-state index in [1.54, 1.807) is 0 Å². The van der Waals surface area contributed by atoms with Crippen LogP contribution in [0.2, 0.25) is 5.02 Å². The molecule has 0 atom stereocenters. The highest BCUT2D eigenvalue weighted by Gasteiger charge is 2.17. The van der Waals surface area contributed by atoms with Crippen molar-refractivity contribution in [1.29, 1.82) is 0 Å². The zero-order chi connectivity index (χ0) is 21.2. The second-order valence-corrected chi connectivity index (χ2v) is 9.00. The first-order chi connectivity index (χ1) is 15.2. The molecule has 0 spiro atoms. The summed E-state index contributed by atoms with van der Waals surface area (Å²) in [5, 5.41) is 7.82. The summed E-state index contributed by atoms with van der Waals surface area (Å²) in [5.41, 5.74) is 5.74. The fourth-order valence-electron chi connectivity index (χ4n) is 3.34. The molecule has 3 aromatic carbocycles. The summed E-state index contributed by atoms with van der Waals surface area (Å²) in [7, 11) is 0. The van der Waals surface area contributed by atoms with Crippen LogP contribution in [-0.2, 0) is 0 Å². The van der Waals surface area contributed by atoms with Crippen LogP contribution in [0.15, 0.2) is 95.4 Å². The zero-order valence-electron chi connectivity index (χ0n) is 16.2. The van der Waals surface area contributed by atoms with E-state index in [9.17, 15) is 4.79 Å². The van der Waals surface area contributed by atoms with Gasteiger partial charge in [-0.05, 0) is 23.8 Å². The van der Waals surface area contributed by atoms with Crippen molar-refractivity contribution in [2.45, 2.75) is 0 Å². The molecule has 152 valence electrons. The number of para-hydroxylation sites is 1. The predicted octanol–water partition coefficient (Wildman–Crippen LogP) is 6.32. The van der Waals surface area contributed by atoms with E-state index in [4.69, 9.17) is 11.6 Å². The van der Waals surface area contributed by atoms with Crippen molar-refractivity contribution in [3.8, 4) is 16.9 Å². The maximum Gasteiger partial charge on any atom is 0.283 e. The first kappa shape index (κ1) is 19.8. The molecule has 0 aliphatic carbocycles. The molecular weight excluding hydrogens is 446 g/mol. The first-order valence-electron chi connectivity index (χ1n) is 9.55. The highest BCUT2D eigenvalue weighted by molar-refractivity contribution is 7.21. The maximum atomic E-state index is 12.8. The topological polar surface area (TPSA) is 46.4 Å². The number of hydrogen-bond donors (Lipinski definition) is 1. The van der Waals surface area contributed by atoms with Gasteiger partial charge in [0.15, 0.2) is 0 Å². The first-order valence-corrected chi connectivity index (χ1v) is 11.6. The largest absolute Gasteiger partial charge is 0.284 e. The number of thiazole rings is 1. The van der Waals surface area contributed by atoms with Gasteiger partial charge in [0.1, 0.15) is 4.88 Å². The molecule has 0 fully saturated rings. The van der Waals surface area contributed by atoms with Gasteiger partial charge >= 0.3 is 0 Å². The Morgan fingerprint density at radius 1 is 0.903 bits per heavy atom. The van der Waals surface area contributed by atoms with Crippen molar-refractivity contribution in [3.05, 3.63) is 105 Å². The molecule has 1 amide bonds. The monoisotopic (exact) mass is 461 g/mol. The number of thiophene rings is 1. The average Bonchev–Trinajstić information content (AvgIpc) is 3.40. The Balaban J connectivity index is 1.56. The lowest BCUT2D eigenvalue weighted by molar-refractivity contribution is 0.0957. The van der Waals surface area contributed by atoms with Crippen LogP contribution in [-0.4, -0.2) is 10.5 Å². The predicted molar refractivity (Wildman–Crippen MR) is 129 cm³/mol. The highest BCUT2D eigenvalue weighted by Crippen LogP contribution is 2.35. The van der Waals surface area contributed by atoms with Gasteiger partial charge < -0.3 is 0 Å².